The smallest absolute Gasteiger partial charge is 0.155 e. The van der Waals surface area contributed by atoms with Gasteiger partial charge in [-0.15, -0.1) is 0 Å². The third-order valence-electron chi connectivity index (χ3n) is 4.22. The molecule has 0 saturated carbocycles. The van der Waals surface area contributed by atoms with E-state index in [1.54, 1.807) is 27.9 Å². The zero-order valence-corrected chi connectivity index (χ0v) is 14.7. The zero-order valence-electron chi connectivity index (χ0n) is 13.9. The van der Waals surface area contributed by atoms with Crippen molar-refractivity contribution >= 4 is 9.84 Å². The normalized spacial score (nSPS) is 24.2. The van der Waals surface area contributed by atoms with E-state index < -0.39 is 14.6 Å². The van der Waals surface area contributed by atoms with Crippen molar-refractivity contribution in [2.45, 2.75) is 44.8 Å². The number of methoxy groups -OCH3 is 1. The highest BCUT2D eigenvalue weighted by molar-refractivity contribution is 7.92. The van der Waals surface area contributed by atoms with E-state index in [2.05, 4.69) is 5.32 Å². The summed E-state index contributed by atoms with van der Waals surface area (Å²) < 4.78 is 34.6. The molecule has 1 aliphatic rings. The molecule has 0 bridgehead atoms. The van der Waals surface area contributed by atoms with Crippen molar-refractivity contribution < 1.29 is 17.9 Å². The minimum atomic E-state index is -3.08. The summed E-state index contributed by atoms with van der Waals surface area (Å²) in [6.45, 7) is 8.96. The molecule has 1 unspecified atom stereocenters. The lowest BCUT2D eigenvalue weighted by Gasteiger charge is -2.38. The van der Waals surface area contributed by atoms with E-state index in [1.807, 2.05) is 0 Å². The van der Waals surface area contributed by atoms with Gasteiger partial charge in [-0.05, 0) is 40.0 Å². The molecule has 126 valence electrons. The van der Waals surface area contributed by atoms with Crippen LogP contribution < -0.4 is 5.32 Å². The summed E-state index contributed by atoms with van der Waals surface area (Å²) >= 11 is 0. The average Bonchev–Trinajstić information content (AvgIpc) is 2.42. The molecule has 0 spiro atoms. The fourth-order valence-corrected chi connectivity index (χ4v) is 3.83. The van der Waals surface area contributed by atoms with Crippen LogP contribution in [0.25, 0.3) is 0 Å². The molecule has 1 N–H and O–H groups in total. The van der Waals surface area contributed by atoms with Crippen LogP contribution in [-0.2, 0) is 19.3 Å². The van der Waals surface area contributed by atoms with Gasteiger partial charge in [-0.1, -0.05) is 0 Å². The predicted molar refractivity (Wildman–Crippen MR) is 85.4 cm³/mol. The van der Waals surface area contributed by atoms with Crippen LogP contribution in [0.2, 0.25) is 0 Å². The van der Waals surface area contributed by atoms with E-state index in [4.69, 9.17) is 9.47 Å². The molecule has 0 radical (unpaired) electrons. The second kappa shape index (κ2) is 7.90. The molecule has 0 aromatic carbocycles. The first-order valence-corrected chi connectivity index (χ1v) is 9.37. The lowest BCUT2D eigenvalue weighted by atomic mass is 9.80. The van der Waals surface area contributed by atoms with Crippen LogP contribution in [0.5, 0.6) is 0 Å². The van der Waals surface area contributed by atoms with Crippen molar-refractivity contribution in [1.29, 1.82) is 0 Å². The Balaban J connectivity index is 2.61. The van der Waals surface area contributed by atoms with Crippen LogP contribution in [0, 0.1) is 5.41 Å². The highest BCUT2D eigenvalue weighted by atomic mass is 32.2. The Morgan fingerprint density at radius 2 is 2.05 bits per heavy atom. The first-order chi connectivity index (χ1) is 9.72. The molecule has 0 aromatic heterocycles. The monoisotopic (exact) mass is 321 g/mol. The fraction of sp³-hybridized carbons (Fsp3) is 1.00. The molecule has 1 aliphatic heterocycles. The van der Waals surface area contributed by atoms with Gasteiger partial charge in [0.15, 0.2) is 9.84 Å². The van der Waals surface area contributed by atoms with Gasteiger partial charge in [0.25, 0.3) is 0 Å². The number of rotatable bonds is 8. The highest BCUT2D eigenvalue weighted by Crippen LogP contribution is 2.33. The third kappa shape index (κ3) is 5.85. The molecule has 1 fully saturated rings. The van der Waals surface area contributed by atoms with Gasteiger partial charge in [0.2, 0.25) is 0 Å². The summed E-state index contributed by atoms with van der Waals surface area (Å²) in [7, 11) is -1.40. The van der Waals surface area contributed by atoms with Crippen LogP contribution in [0.1, 0.15) is 40.0 Å². The van der Waals surface area contributed by atoms with Crippen LogP contribution in [0.4, 0.5) is 0 Å². The van der Waals surface area contributed by atoms with Gasteiger partial charge in [0.05, 0.1) is 23.7 Å². The minimum absolute atomic E-state index is 0.0652. The van der Waals surface area contributed by atoms with Gasteiger partial charge in [-0.2, -0.15) is 0 Å². The van der Waals surface area contributed by atoms with Crippen molar-refractivity contribution in [3.05, 3.63) is 0 Å². The summed E-state index contributed by atoms with van der Waals surface area (Å²) in [5.74, 6) is 0.228. The molecule has 0 aromatic rings. The summed E-state index contributed by atoms with van der Waals surface area (Å²) in [6.07, 6.45) is 2.68. The Bertz CT molecular complexity index is 394. The minimum Gasteiger partial charge on any atom is -0.383 e. The van der Waals surface area contributed by atoms with E-state index in [0.29, 0.717) is 19.6 Å². The van der Waals surface area contributed by atoms with E-state index in [1.165, 1.54) is 0 Å². The van der Waals surface area contributed by atoms with Gasteiger partial charge in [0.1, 0.15) is 0 Å². The van der Waals surface area contributed by atoms with Crippen LogP contribution in [-0.4, -0.2) is 58.9 Å². The van der Waals surface area contributed by atoms with Gasteiger partial charge >= 0.3 is 0 Å². The zero-order chi connectivity index (χ0) is 16.0. The molecule has 6 heteroatoms. The van der Waals surface area contributed by atoms with E-state index in [0.717, 1.165) is 32.5 Å². The summed E-state index contributed by atoms with van der Waals surface area (Å²) in [6, 6.07) is 0. The molecule has 0 aliphatic carbocycles. The van der Waals surface area contributed by atoms with Gasteiger partial charge in [-0.25, -0.2) is 8.42 Å². The first-order valence-electron chi connectivity index (χ1n) is 7.72. The Hall–Kier alpha value is -0.170. The van der Waals surface area contributed by atoms with Gasteiger partial charge < -0.3 is 14.8 Å². The molecule has 1 rings (SSSR count). The second-order valence-electron chi connectivity index (χ2n) is 7.01. The largest absolute Gasteiger partial charge is 0.383 e. The van der Waals surface area contributed by atoms with Gasteiger partial charge in [0, 0.05) is 32.2 Å². The van der Waals surface area contributed by atoms with Gasteiger partial charge in [-0.3, -0.25) is 0 Å². The maximum atomic E-state index is 12.3. The lowest BCUT2D eigenvalue weighted by molar-refractivity contribution is -0.00951. The topological polar surface area (TPSA) is 64.6 Å². The molecule has 1 saturated heterocycles. The maximum absolute atomic E-state index is 12.3. The summed E-state index contributed by atoms with van der Waals surface area (Å²) in [5, 5.41) is 3.37. The molecule has 0 amide bonds. The van der Waals surface area contributed by atoms with E-state index >= 15 is 0 Å². The number of hydrogen-bond acceptors (Lipinski definition) is 5. The number of ether oxygens (including phenoxy) is 2. The Labute approximate surface area is 129 Å². The SMILES string of the molecule is COCCNCC1(CCS(=O)(=O)C(C)(C)C)CCCOC1. The molecular weight excluding hydrogens is 290 g/mol. The molecule has 1 atom stereocenters. The highest BCUT2D eigenvalue weighted by Gasteiger charge is 2.36. The summed E-state index contributed by atoms with van der Waals surface area (Å²) in [5.41, 5.74) is -0.0652. The third-order valence-corrected chi connectivity index (χ3v) is 6.83. The van der Waals surface area contributed by atoms with Crippen molar-refractivity contribution in [2.24, 2.45) is 5.41 Å². The van der Waals surface area contributed by atoms with Crippen LogP contribution in [0.3, 0.4) is 0 Å². The molecule has 5 nitrogen and oxygen atoms in total. The Morgan fingerprint density at radius 1 is 1.33 bits per heavy atom. The van der Waals surface area contributed by atoms with Crippen molar-refractivity contribution in [3.8, 4) is 0 Å². The molecule has 21 heavy (non-hydrogen) atoms. The first kappa shape index (κ1) is 18.9. The Morgan fingerprint density at radius 3 is 2.57 bits per heavy atom. The lowest BCUT2D eigenvalue weighted by Crippen LogP contribution is -2.44. The second-order valence-corrected chi connectivity index (χ2v) is 9.87. The average molecular weight is 321 g/mol. The quantitative estimate of drug-likeness (QED) is 0.688. The standard InChI is InChI=1S/C15H31NO4S/c1-14(2,3)21(17,18)11-7-15(6-5-9-20-13-15)12-16-8-10-19-4/h16H,5-13H2,1-4H3. The predicted octanol–water partition coefficient (Wildman–Crippen LogP) is 1.62. The number of nitrogens with one attached hydrogen (secondary N) is 1. The Kier molecular flexibility index (Phi) is 7.10. The maximum Gasteiger partial charge on any atom is 0.155 e. The number of hydrogen-bond donors (Lipinski definition) is 1. The number of sulfone groups is 1. The summed E-state index contributed by atoms with van der Waals surface area (Å²) in [4.78, 5) is 0. The van der Waals surface area contributed by atoms with E-state index in [-0.39, 0.29) is 11.2 Å². The van der Waals surface area contributed by atoms with E-state index in [9.17, 15) is 8.42 Å². The van der Waals surface area contributed by atoms with Crippen molar-refractivity contribution in [1.82, 2.24) is 5.32 Å². The van der Waals surface area contributed by atoms with Crippen LogP contribution in [0.15, 0.2) is 0 Å². The fourth-order valence-electron chi connectivity index (χ4n) is 2.52. The van der Waals surface area contributed by atoms with Crippen LogP contribution >= 0.6 is 0 Å². The molecule has 1 heterocycles. The van der Waals surface area contributed by atoms with Crippen molar-refractivity contribution in [3.63, 3.8) is 0 Å². The van der Waals surface area contributed by atoms with Crippen molar-refractivity contribution in [2.75, 3.05) is 45.8 Å². The molecular formula is C15H31NO4S.